The van der Waals surface area contributed by atoms with E-state index in [1.807, 2.05) is 18.4 Å². The molecule has 0 aliphatic heterocycles. The average Bonchev–Trinajstić information content (AvgIpc) is 2.45. The highest BCUT2D eigenvalue weighted by Gasteiger charge is 2.02. The molecule has 2 rings (SSSR count). The summed E-state index contributed by atoms with van der Waals surface area (Å²) in [4.78, 5) is 0. The number of allylic oxidation sites excluding steroid dienone is 1. The lowest BCUT2D eigenvalue weighted by molar-refractivity contribution is 0.339. The molecule has 0 bridgehead atoms. The van der Waals surface area contributed by atoms with E-state index in [1.165, 1.54) is 16.7 Å². The Kier molecular flexibility index (Phi) is 4.60. The molecule has 2 aromatic rings. The van der Waals surface area contributed by atoms with Crippen LogP contribution in [0.15, 0.2) is 66.9 Å². The van der Waals surface area contributed by atoms with Crippen LogP contribution in [0.25, 0.3) is 5.57 Å². The quantitative estimate of drug-likeness (QED) is 0.705. The van der Waals surface area contributed by atoms with Gasteiger partial charge in [0.1, 0.15) is 0 Å². The van der Waals surface area contributed by atoms with E-state index in [2.05, 4.69) is 48.5 Å². The average molecular weight is 238 g/mol. The molecule has 0 N–H and O–H groups in total. The van der Waals surface area contributed by atoms with Crippen molar-refractivity contribution >= 4 is 5.57 Å². The van der Waals surface area contributed by atoms with E-state index in [1.54, 1.807) is 7.11 Å². The lowest BCUT2D eigenvalue weighted by atomic mass is 9.99. The lowest BCUT2D eigenvalue weighted by Gasteiger charge is -2.07. The number of ether oxygens (including phenoxy) is 1. The Labute approximate surface area is 109 Å². The van der Waals surface area contributed by atoms with Gasteiger partial charge in [-0.1, -0.05) is 60.7 Å². The highest BCUT2D eigenvalue weighted by molar-refractivity contribution is 5.64. The van der Waals surface area contributed by atoms with Crippen LogP contribution >= 0.6 is 0 Å². The summed E-state index contributed by atoms with van der Waals surface area (Å²) in [6, 6.07) is 20.9. The molecule has 0 radical (unpaired) electrons. The van der Waals surface area contributed by atoms with Gasteiger partial charge in [0.2, 0.25) is 0 Å². The van der Waals surface area contributed by atoms with Crippen molar-refractivity contribution in [1.29, 1.82) is 0 Å². The van der Waals surface area contributed by atoms with Crippen LogP contribution in [-0.4, -0.2) is 7.11 Å². The molecule has 0 spiro atoms. The minimum Gasteiger partial charge on any atom is -0.504 e. The Bertz CT molecular complexity index is 486. The third-order valence-electron chi connectivity index (χ3n) is 2.93. The van der Waals surface area contributed by atoms with Crippen molar-refractivity contribution in [2.45, 2.75) is 12.8 Å². The van der Waals surface area contributed by atoms with Crippen molar-refractivity contribution in [2.24, 2.45) is 0 Å². The van der Waals surface area contributed by atoms with Crippen LogP contribution < -0.4 is 0 Å². The summed E-state index contributed by atoms with van der Waals surface area (Å²) < 4.78 is 5.18. The Morgan fingerprint density at radius 2 is 1.56 bits per heavy atom. The van der Waals surface area contributed by atoms with E-state index < -0.39 is 0 Å². The molecule has 0 atom stereocenters. The van der Waals surface area contributed by atoms with E-state index in [9.17, 15) is 0 Å². The predicted octanol–water partition coefficient (Wildman–Crippen LogP) is 4.31. The van der Waals surface area contributed by atoms with Crippen LogP contribution in [0.2, 0.25) is 0 Å². The monoisotopic (exact) mass is 238 g/mol. The molecular formula is C17H18O. The van der Waals surface area contributed by atoms with E-state index in [0.29, 0.717) is 0 Å². The summed E-state index contributed by atoms with van der Waals surface area (Å²) in [6.45, 7) is 0. The first-order valence-corrected chi connectivity index (χ1v) is 6.21. The van der Waals surface area contributed by atoms with Crippen molar-refractivity contribution in [2.75, 3.05) is 7.11 Å². The molecule has 1 heteroatoms. The highest BCUT2D eigenvalue weighted by atomic mass is 16.5. The van der Waals surface area contributed by atoms with Crippen molar-refractivity contribution < 1.29 is 4.74 Å². The van der Waals surface area contributed by atoms with Gasteiger partial charge in [0.25, 0.3) is 0 Å². The number of hydrogen-bond acceptors (Lipinski definition) is 1. The molecule has 1 nitrogen and oxygen atoms in total. The maximum Gasteiger partial charge on any atom is 0.0862 e. The predicted molar refractivity (Wildman–Crippen MR) is 76.2 cm³/mol. The van der Waals surface area contributed by atoms with Gasteiger partial charge in [-0.2, -0.15) is 0 Å². The molecular weight excluding hydrogens is 220 g/mol. The minimum atomic E-state index is 0.988. The molecule has 0 aromatic heterocycles. The summed E-state index contributed by atoms with van der Waals surface area (Å²) in [5.74, 6) is 0. The van der Waals surface area contributed by atoms with E-state index in [-0.39, 0.29) is 0 Å². The third-order valence-corrected chi connectivity index (χ3v) is 2.93. The lowest BCUT2D eigenvalue weighted by Crippen LogP contribution is -1.90. The van der Waals surface area contributed by atoms with E-state index >= 15 is 0 Å². The van der Waals surface area contributed by atoms with Gasteiger partial charge in [0.15, 0.2) is 0 Å². The number of benzene rings is 2. The first kappa shape index (κ1) is 12.4. The van der Waals surface area contributed by atoms with Gasteiger partial charge in [-0.25, -0.2) is 0 Å². The second kappa shape index (κ2) is 6.65. The number of hydrogen-bond donors (Lipinski definition) is 0. The zero-order chi connectivity index (χ0) is 12.6. The zero-order valence-corrected chi connectivity index (χ0v) is 10.7. The first-order valence-electron chi connectivity index (χ1n) is 6.21. The van der Waals surface area contributed by atoms with Gasteiger partial charge in [0.05, 0.1) is 13.4 Å². The van der Waals surface area contributed by atoms with Crippen LogP contribution in [0.3, 0.4) is 0 Å². The number of methoxy groups -OCH3 is 1. The van der Waals surface area contributed by atoms with Crippen LogP contribution in [0.5, 0.6) is 0 Å². The summed E-state index contributed by atoms with van der Waals surface area (Å²) in [5, 5.41) is 0. The molecule has 92 valence electrons. The summed E-state index contributed by atoms with van der Waals surface area (Å²) >= 11 is 0. The molecule has 0 unspecified atom stereocenters. The minimum absolute atomic E-state index is 0.988. The molecule has 0 amide bonds. The molecule has 0 saturated heterocycles. The Balaban J connectivity index is 2.07. The smallest absolute Gasteiger partial charge is 0.0862 e. The van der Waals surface area contributed by atoms with Crippen molar-refractivity contribution in [3.8, 4) is 0 Å². The SMILES string of the molecule is CO/C=C(\CCc1ccccc1)c1ccccc1. The molecule has 0 saturated carbocycles. The molecule has 0 aliphatic carbocycles. The van der Waals surface area contributed by atoms with Crippen LogP contribution in [0.4, 0.5) is 0 Å². The number of aryl methyl sites for hydroxylation is 1. The fraction of sp³-hybridized carbons (Fsp3) is 0.176. The van der Waals surface area contributed by atoms with Gasteiger partial charge in [0, 0.05) is 0 Å². The Hall–Kier alpha value is -2.02. The Morgan fingerprint density at radius 3 is 2.17 bits per heavy atom. The molecule has 0 fully saturated rings. The highest BCUT2D eigenvalue weighted by Crippen LogP contribution is 2.20. The molecule has 2 aromatic carbocycles. The van der Waals surface area contributed by atoms with Gasteiger partial charge < -0.3 is 4.74 Å². The van der Waals surface area contributed by atoms with E-state index in [4.69, 9.17) is 4.74 Å². The van der Waals surface area contributed by atoms with Crippen molar-refractivity contribution in [3.05, 3.63) is 78.1 Å². The van der Waals surface area contributed by atoms with Gasteiger partial charge in [-0.3, -0.25) is 0 Å². The molecule has 0 heterocycles. The molecule has 18 heavy (non-hydrogen) atoms. The topological polar surface area (TPSA) is 9.23 Å². The summed E-state index contributed by atoms with van der Waals surface area (Å²) in [5.41, 5.74) is 3.83. The fourth-order valence-corrected chi connectivity index (χ4v) is 1.99. The largest absolute Gasteiger partial charge is 0.504 e. The summed E-state index contributed by atoms with van der Waals surface area (Å²) in [6.07, 6.45) is 3.87. The fourth-order valence-electron chi connectivity index (χ4n) is 1.99. The van der Waals surface area contributed by atoms with Crippen LogP contribution in [0.1, 0.15) is 17.5 Å². The Morgan fingerprint density at radius 1 is 0.944 bits per heavy atom. The maximum absolute atomic E-state index is 5.18. The summed E-state index contributed by atoms with van der Waals surface area (Å²) in [7, 11) is 1.70. The third kappa shape index (κ3) is 3.49. The van der Waals surface area contributed by atoms with Crippen LogP contribution in [0, 0.1) is 0 Å². The van der Waals surface area contributed by atoms with Crippen molar-refractivity contribution in [1.82, 2.24) is 0 Å². The first-order chi connectivity index (χ1) is 8.90. The normalized spacial score (nSPS) is 11.3. The van der Waals surface area contributed by atoms with Gasteiger partial charge in [-0.15, -0.1) is 0 Å². The second-order valence-electron chi connectivity index (χ2n) is 4.23. The molecule has 0 aliphatic rings. The van der Waals surface area contributed by atoms with Crippen molar-refractivity contribution in [3.63, 3.8) is 0 Å². The maximum atomic E-state index is 5.18. The van der Waals surface area contributed by atoms with Crippen LogP contribution in [-0.2, 0) is 11.2 Å². The van der Waals surface area contributed by atoms with E-state index in [0.717, 1.165) is 12.8 Å². The van der Waals surface area contributed by atoms with Gasteiger partial charge >= 0.3 is 0 Å². The second-order valence-corrected chi connectivity index (χ2v) is 4.23. The standard InChI is InChI=1S/C17H18O/c1-18-14-17(16-10-6-3-7-11-16)13-12-15-8-4-2-5-9-15/h2-11,14H,12-13H2,1H3/b17-14+. The van der Waals surface area contributed by atoms with Gasteiger partial charge in [-0.05, 0) is 29.5 Å². The zero-order valence-electron chi connectivity index (χ0n) is 10.7. The number of rotatable bonds is 5.